The molecule has 0 radical (unpaired) electrons. The number of aromatic amines is 1. The van der Waals surface area contributed by atoms with Gasteiger partial charge in [0.15, 0.2) is 116 Å². The molecule has 10 rings (SSSR count). The van der Waals surface area contributed by atoms with Crippen LogP contribution in [-0.4, -0.2) is 39.7 Å². The molecule has 63 heavy (non-hydrogen) atoms. The molecule has 0 aliphatic carbocycles. The number of aromatic nitrogens is 8. The molecular weight excluding hydrogens is 886 g/mol. The number of nitrogens with zero attached hydrogens (tertiary/aromatic N) is 7. The highest BCUT2D eigenvalue weighted by Crippen LogP contribution is 2.45. The van der Waals surface area contributed by atoms with E-state index in [0.29, 0.717) is 0 Å². The second kappa shape index (κ2) is 13.3. The SMILES string of the molecule is Fc1ccccc1Nc1c(F)c(F)c(F)c2c3nc4nc(nc5c6c(F)c(F)c(F)c(F)c6c(nc6nc(nc([nH]3)c12)-c1c(F)c(F)c(F)c(F)c1-6)n5F)-c1c-4cc(F)c(F)c1F. The Morgan fingerprint density at radius 2 is 0.873 bits per heavy atom. The number of H-pyrrole nitrogens is 1. The molecule has 2 N–H and O–H groups in total. The normalized spacial score (nSPS) is 12.1. The Hall–Kier alpha value is -7.86. The average molecular weight is 894 g/mol. The molecule has 5 aromatic carbocycles. The molecule has 316 valence electrons. The zero-order valence-electron chi connectivity index (χ0n) is 29.6. The second-order valence-electron chi connectivity index (χ2n) is 13.3. The summed E-state index contributed by atoms with van der Waals surface area (Å²) in [5, 5.41) is -3.48. The lowest BCUT2D eigenvalue weighted by Gasteiger charge is -2.11. The van der Waals surface area contributed by atoms with Crippen LogP contribution < -0.4 is 5.32 Å². The molecule has 8 aromatic rings. The number of halogens is 16. The van der Waals surface area contributed by atoms with E-state index in [-0.39, 0.29) is 6.07 Å². The van der Waals surface area contributed by atoms with E-state index in [0.717, 1.165) is 12.1 Å². The van der Waals surface area contributed by atoms with Crippen LogP contribution in [0.3, 0.4) is 0 Å². The van der Waals surface area contributed by atoms with Crippen LogP contribution in [0.2, 0.25) is 0 Å². The van der Waals surface area contributed by atoms with Gasteiger partial charge in [0.1, 0.15) is 17.1 Å². The van der Waals surface area contributed by atoms with Crippen LogP contribution in [0.4, 0.5) is 81.7 Å². The van der Waals surface area contributed by atoms with E-state index in [1.807, 2.05) is 0 Å². The first-order valence-corrected chi connectivity index (χ1v) is 17.0. The fourth-order valence-corrected chi connectivity index (χ4v) is 7.10. The fourth-order valence-electron chi connectivity index (χ4n) is 7.10. The van der Waals surface area contributed by atoms with Crippen molar-refractivity contribution < 1.29 is 70.3 Å². The lowest BCUT2D eigenvalue weighted by Crippen LogP contribution is -2.02. The topological polar surface area (TPSA) is 110 Å². The van der Waals surface area contributed by atoms with Crippen molar-refractivity contribution in [1.82, 2.24) is 39.7 Å². The highest BCUT2D eigenvalue weighted by molar-refractivity contribution is 6.13. The first-order valence-electron chi connectivity index (χ1n) is 17.0. The lowest BCUT2D eigenvalue weighted by atomic mass is 10.1. The molecule has 3 aromatic heterocycles. The number of fused-ring (bicyclic) bond motifs is 20. The van der Waals surface area contributed by atoms with Crippen LogP contribution in [0.1, 0.15) is 0 Å². The van der Waals surface area contributed by atoms with Gasteiger partial charge in [-0.05, 0) is 18.2 Å². The predicted octanol–water partition coefficient (Wildman–Crippen LogP) is 10.9. The van der Waals surface area contributed by atoms with Gasteiger partial charge in [0.05, 0.1) is 49.6 Å². The summed E-state index contributed by atoms with van der Waals surface area (Å²) in [6.45, 7) is 0. The number of rotatable bonds is 2. The van der Waals surface area contributed by atoms with Gasteiger partial charge in [0.25, 0.3) is 0 Å². The third kappa shape index (κ3) is 5.27. The number of hydrogen-bond acceptors (Lipinski definition) is 7. The van der Waals surface area contributed by atoms with Gasteiger partial charge in [-0.25, -0.2) is 95.8 Å². The molecule has 0 unspecified atom stereocenters. The summed E-state index contributed by atoms with van der Waals surface area (Å²) in [4.78, 5) is 23.4. The molecule has 0 spiro atoms. The van der Waals surface area contributed by atoms with Crippen molar-refractivity contribution in [2.75, 3.05) is 5.32 Å². The number of nitrogens with one attached hydrogen (secondary N) is 2. The fraction of sp³-hybridized carbons (Fsp3) is 0. The zero-order chi connectivity index (χ0) is 44.8. The molecular formula is C38H7F16N9. The summed E-state index contributed by atoms with van der Waals surface area (Å²) in [5.74, 6) is -39.5. The monoisotopic (exact) mass is 893 g/mol. The van der Waals surface area contributed by atoms with E-state index in [9.17, 15) is 30.7 Å². The number of benzene rings is 5. The summed E-state index contributed by atoms with van der Waals surface area (Å²) in [5.41, 5.74) is -12.9. The highest BCUT2D eigenvalue weighted by Gasteiger charge is 2.37. The van der Waals surface area contributed by atoms with Crippen molar-refractivity contribution in [3.8, 4) is 45.6 Å². The average Bonchev–Trinajstić information content (AvgIpc) is 3.98. The lowest BCUT2D eigenvalue weighted by molar-refractivity contribution is 0.398. The Bertz CT molecular complexity index is 3650. The maximum Gasteiger partial charge on any atom is 0.198 e. The number of hydrogen-bond donors (Lipinski definition) is 2. The minimum absolute atomic E-state index is 0.194. The van der Waals surface area contributed by atoms with Crippen LogP contribution in [0, 0.1) is 87.3 Å². The summed E-state index contributed by atoms with van der Waals surface area (Å²) >= 11 is 0. The quantitative estimate of drug-likeness (QED) is 0.101. The molecule has 0 saturated carbocycles. The Kier molecular flexibility index (Phi) is 8.31. The van der Waals surface area contributed by atoms with Crippen LogP contribution in [0.15, 0.2) is 30.3 Å². The molecule has 0 fully saturated rings. The van der Waals surface area contributed by atoms with Crippen LogP contribution >= 0.6 is 0 Å². The molecule has 8 bridgehead atoms. The van der Waals surface area contributed by atoms with E-state index < -0.39 is 193 Å². The highest BCUT2D eigenvalue weighted by atomic mass is 19.2. The van der Waals surface area contributed by atoms with Crippen molar-refractivity contribution >= 4 is 55.5 Å². The summed E-state index contributed by atoms with van der Waals surface area (Å²) in [6.07, 6.45) is 0. The van der Waals surface area contributed by atoms with Gasteiger partial charge in [0.2, 0.25) is 0 Å². The molecule has 0 atom stereocenters. The third-order valence-electron chi connectivity index (χ3n) is 9.88. The molecule has 5 heterocycles. The van der Waals surface area contributed by atoms with Gasteiger partial charge < -0.3 is 10.3 Å². The van der Waals surface area contributed by atoms with Crippen LogP contribution in [-0.2, 0) is 0 Å². The van der Waals surface area contributed by atoms with Crippen molar-refractivity contribution in [1.29, 1.82) is 0 Å². The smallest absolute Gasteiger partial charge is 0.198 e. The van der Waals surface area contributed by atoms with Gasteiger partial charge >= 0.3 is 0 Å². The van der Waals surface area contributed by atoms with Crippen LogP contribution in [0.5, 0.6) is 0 Å². The van der Waals surface area contributed by atoms with Crippen LogP contribution in [0.25, 0.3) is 89.7 Å². The minimum atomic E-state index is -2.63. The Balaban J connectivity index is 1.50. The van der Waals surface area contributed by atoms with Gasteiger partial charge in [0, 0.05) is 5.56 Å². The largest absolute Gasteiger partial charge is 0.350 e. The summed E-state index contributed by atoms with van der Waals surface area (Å²) < 4.78 is 246. The van der Waals surface area contributed by atoms with Gasteiger partial charge in [-0.2, -0.15) is 0 Å². The van der Waals surface area contributed by atoms with E-state index in [1.54, 1.807) is 0 Å². The number of anilines is 2. The van der Waals surface area contributed by atoms with Gasteiger partial charge in [-0.1, -0.05) is 16.6 Å². The first kappa shape index (κ1) is 39.3. The third-order valence-corrected chi connectivity index (χ3v) is 9.88. The maximum absolute atomic E-state index is 16.5. The minimum Gasteiger partial charge on any atom is -0.350 e. The summed E-state index contributed by atoms with van der Waals surface area (Å²) in [7, 11) is 0. The van der Waals surface area contributed by atoms with E-state index in [4.69, 9.17) is 0 Å². The zero-order valence-corrected chi connectivity index (χ0v) is 29.6. The maximum atomic E-state index is 16.5. The molecule has 2 aliphatic heterocycles. The van der Waals surface area contributed by atoms with E-state index >= 15 is 39.6 Å². The second-order valence-corrected chi connectivity index (χ2v) is 13.3. The van der Waals surface area contributed by atoms with Gasteiger partial charge in [-0.15, -0.1) is 4.79 Å². The molecule has 2 aliphatic rings. The molecule has 0 saturated heterocycles. The standard InChI is InChI=1S/C38H7F16N9/c39-7-3-1-2-4-9(7)55-30-16-13(21(45)28(52)29(30)53)34-57-31-6-5-8(40)17(41)18(42)10(6)32(56-31)61-37-14-15(23(47)27(51)26(50)22(14)46)38(63(37)54)62-35-12-11(33(58-35)59-36(16)60-34)19(43)24(48)25(49)20(12)44/h1-5,55H,(H,56,57,58,59,60,61,62). The van der Waals surface area contributed by atoms with Gasteiger partial charge in [-0.3, -0.25) is 0 Å². The number of para-hydroxylation sites is 1. The molecule has 9 nitrogen and oxygen atoms in total. The predicted molar refractivity (Wildman–Crippen MR) is 185 cm³/mol. The Morgan fingerprint density at radius 3 is 1.48 bits per heavy atom. The van der Waals surface area contributed by atoms with Crippen molar-refractivity contribution in [2.24, 2.45) is 0 Å². The van der Waals surface area contributed by atoms with E-state index in [2.05, 4.69) is 40.2 Å². The molecule has 25 heteroatoms. The van der Waals surface area contributed by atoms with Crippen molar-refractivity contribution in [3.05, 3.63) is 118 Å². The Labute approximate surface area is 333 Å². The molecule has 0 amide bonds. The van der Waals surface area contributed by atoms with Crippen molar-refractivity contribution in [2.45, 2.75) is 0 Å². The first-order chi connectivity index (χ1) is 29.9. The summed E-state index contributed by atoms with van der Waals surface area (Å²) in [6, 6.07) is 4.38. The Morgan fingerprint density at radius 1 is 0.413 bits per heavy atom. The van der Waals surface area contributed by atoms with E-state index in [1.165, 1.54) is 12.1 Å². The van der Waals surface area contributed by atoms with Crippen molar-refractivity contribution in [3.63, 3.8) is 0 Å².